The van der Waals surface area contributed by atoms with Crippen LogP contribution in [0.2, 0.25) is 0 Å². The SMILES string of the molecule is O=C1C=C(Nc2ccccc2Br)CC(c2ccccc2)C1. The number of rotatable bonds is 3. The van der Waals surface area contributed by atoms with Crippen LogP contribution >= 0.6 is 15.9 Å². The summed E-state index contributed by atoms with van der Waals surface area (Å²) >= 11 is 3.52. The van der Waals surface area contributed by atoms with Gasteiger partial charge < -0.3 is 5.32 Å². The molecule has 2 aromatic carbocycles. The first-order valence-electron chi connectivity index (χ1n) is 7.02. The highest BCUT2D eigenvalue weighted by atomic mass is 79.9. The van der Waals surface area contributed by atoms with Gasteiger partial charge in [-0.3, -0.25) is 4.79 Å². The zero-order valence-electron chi connectivity index (χ0n) is 11.6. The number of nitrogens with one attached hydrogen (secondary N) is 1. The Morgan fingerprint density at radius 1 is 0.952 bits per heavy atom. The van der Waals surface area contributed by atoms with Crippen molar-refractivity contribution in [3.05, 3.63) is 76.4 Å². The number of carbonyl (C=O) groups excluding carboxylic acids is 1. The summed E-state index contributed by atoms with van der Waals surface area (Å²) in [5.74, 6) is 0.443. The van der Waals surface area contributed by atoms with E-state index in [1.54, 1.807) is 6.08 Å². The number of para-hydroxylation sites is 1. The minimum atomic E-state index is 0.185. The van der Waals surface area contributed by atoms with E-state index in [1.165, 1.54) is 5.56 Å². The van der Waals surface area contributed by atoms with Gasteiger partial charge in [0.15, 0.2) is 5.78 Å². The fourth-order valence-corrected chi connectivity index (χ4v) is 3.06. The van der Waals surface area contributed by atoms with Crippen molar-refractivity contribution in [1.82, 2.24) is 0 Å². The molecule has 1 N–H and O–H groups in total. The van der Waals surface area contributed by atoms with Crippen molar-refractivity contribution in [3.8, 4) is 0 Å². The van der Waals surface area contributed by atoms with E-state index in [0.29, 0.717) is 6.42 Å². The van der Waals surface area contributed by atoms with Crippen LogP contribution < -0.4 is 5.32 Å². The first-order valence-corrected chi connectivity index (χ1v) is 7.81. The molecule has 21 heavy (non-hydrogen) atoms. The molecule has 0 bridgehead atoms. The third-order valence-electron chi connectivity index (χ3n) is 3.69. The van der Waals surface area contributed by atoms with Crippen LogP contribution in [0.15, 0.2) is 70.8 Å². The number of halogens is 1. The molecule has 0 saturated heterocycles. The summed E-state index contributed by atoms with van der Waals surface area (Å²) in [6.07, 6.45) is 3.18. The van der Waals surface area contributed by atoms with Crippen molar-refractivity contribution in [1.29, 1.82) is 0 Å². The van der Waals surface area contributed by atoms with Gasteiger partial charge >= 0.3 is 0 Å². The Labute approximate surface area is 133 Å². The number of allylic oxidation sites excluding steroid dienone is 2. The molecule has 0 radical (unpaired) electrons. The molecule has 106 valence electrons. The minimum absolute atomic E-state index is 0.185. The van der Waals surface area contributed by atoms with E-state index in [1.807, 2.05) is 42.5 Å². The number of hydrogen-bond acceptors (Lipinski definition) is 2. The van der Waals surface area contributed by atoms with E-state index >= 15 is 0 Å². The largest absolute Gasteiger partial charge is 0.358 e. The van der Waals surface area contributed by atoms with E-state index in [0.717, 1.165) is 22.3 Å². The van der Waals surface area contributed by atoms with E-state index in [9.17, 15) is 4.79 Å². The van der Waals surface area contributed by atoms with Crippen LogP contribution in [-0.4, -0.2) is 5.78 Å². The fraction of sp³-hybridized carbons (Fsp3) is 0.167. The van der Waals surface area contributed by atoms with Gasteiger partial charge in [-0.05, 0) is 46.0 Å². The molecule has 1 aliphatic rings. The summed E-state index contributed by atoms with van der Waals surface area (Å²) in [6.45, 7) is 0. The maximum atomic E-state index is 12.0. The molecule has 1 aliphatic carbocycles. The third-order valence-corrected chi connectivity index (χ3v) is 4.38. The van der Waals surface area contributed by atoms with Gasteiger partial charge in [0.2, 0.25) is 0 Å². The lowest BCUT2D eigenvalue weighted by atomic mass is 9.85. The standard InChI is InChI=1S/C18H16BrNO/c19-17-8-4-5-9-18(17)20-15-10-14(11-16(21)12-15)13-6-2-1-3-7-13/h1-9,12,14,20H,10-11H2. The molecule has 1 unspecified atom stereocenters. The quantitative estimate of drug-likeness (QED) is 0.860. The summed E-state index contributed by atoms with van der Waals surface area (Å²) < 4.78 is 1.00. The summed E-state index contributed by atoms with van der Waals surface area (Å²) in [6, 6.07) is 18.2. The van der Waals surface area contributed by atoms with Gasteiger partial charge in [-0.15, -0.1) is 0 Å². The van der Waals surface area contributed by atoms with Crippen LogP contribution in [0.3, 0.4) is 0 Å². The highest BCUT2D eigenvalue weighted by Gasteiger charge is 2.22. The molecular formula is C18H16BrNO. The predicted octanol–water partition coefficient (Wildman–Crippen LogP) is 4.89. The molecule has 0 saturated carbocycles. The number of carbonyl (C=O) groups is 1. The second-order valence-corrected chi connectivity index (χ2v) is 6.11. The normalized spacial score (nSPS) is 18.2. The van der Waals surface area contributed by atoms with Crippen molar-refractivity contribution in [2.45, 2.75) is 18.8 Å². The van der Waals surface area contributed by atoms with Crippen LogP contribution in [0, 0.1) is 0 Å². The molecule has 3 heteroatoms. The van der Waals surface area contributed by atoms with Gasteiger partial charge in [0.05, 0.1) is 5.69 Å². The predicted molar refractivity (Wildman–Crippen MR) is 89.3 cm³/mol. The second-order valence-electron chi connectivity index (χ2n) is 5.26. The zero-order chi connectivity index (χ0) is 14.7. The fourth-order valence-electron chi connectivity index (χ4n) is 2.68. The molecule has 0 fully saturated rings. The summed E-state index contributed by atoms with van der Waals surface area (Å²) in [5, 5.41) is 3.37. The van der Waals surface area contributed by atoms with Crippen molar-refractivity contribution in [2.75, 3.05) is 5.32 Å². The molecule has 0 aliphatic heterocycles. The average Bonchev–Trinajstić information content (AvgIpc) is 2.50. The Kier molecular flexibility index (Phi) is 4.20. The van der Waals surface area contributed by atoms with Gasteiger partial charge in [0, 0.05) is 22.7 Å². The average molecular weight is 342 g/mol. The van der Waals surface area contributed by atoms with E-state index in [-0.39, 0.29) is 11.7 Å². The Morgan fingerprint density at radius 2 is 1.67 bits per heavy atom. The van der Waals surface area contributed by atoms with Crippen molar-refractivity contribution < 1.29 is 4.79 Å². The molecule has 2 aromatic rings. The molecule has 0 aromatic heterocycles. The summed E-state index contributed by atoms with van der Waals surface area (Å²) in [4.78, 5) is 12.0. The van der Waals surface area contributed by atoms with Crippen molar-refractivity contribution in [3.63, 3.8) is 0 Å². The first-order chi connectivity index (χ1) is 10.2. The van der Waals surface area contributed by atoms with E-state index in [2.05, 4.69) is 33.4 Å². The lowest BCUT2D eigenvalue weighted by Gasteiger charge is -2.23. The van der Waals surface area contributed by atoms with Crippen molar-refractivity contribution >= 4 is 27.4 Å². The maximum absolute atomic E-state index is 12.0. The highest BCUT2D eigenvalue weighted by Crippen LogP contribution is 2.33. The Morgan fingerprint density at radius 3 is 2.43 bits per heavy atom. The summed E-state index contributed by atoms with van der Waals surface area (Å²) in [7, 11) is 0. The van der Waals surface area contributed by atoms with Crippen molar-refractivity contribution in [2.24, 2.45) is 0 Å². The summed E-state index contributed by atoms with van der Waals surface area (Å²) in [5.41, 5.74) is 3.20. The number of ketones is 1. The number of benzene rings is 2. The second kappa shape index (κ2) is 6.27. The number of hydrogen-bond donors (Lipinski definition) is 1. The Balaban J connectivity index is 1.80. The van der Waals surface area contributed by atoms with Gasteiger partial charge in [-0.1, -0.05) is 42.5 Å². The molecule has 0 heterocycles. The first kappa shape index (κ1) is 14.1. The Bertz CT molecular complexity index is 679. The molecule has 0 spiro atoms. The highest BCUT2D eigenvalue weighted by molar-refractivity contribution is 9.10. The maximum Gasteiger partial charge on any atom is 0.158 e. The molecule has 3 rings (SSSR count). The smallest absolute Gasteiger partial charge is 0.158 e. The monoisotopic (exact) mass is 341 g/mol. The molecule has 2 nitrogen and oxygen atoms in total. The van der Waals surface area contributed by atoms with Gasteiger partial charge in [0.1, 0.15) is 0 Å². The van der Waals surface area contributed by atoms with Crippen LogP contribution in [0.25, 0.3) is 0 Å². The lowest BCUT2D eigenvalue weighted by molar-refractivity contribution is -0.115. The molecular weight excluding hydrogens is 326 g/mol. The van der Waals surface area contributed by atoms with Crippen LogP contribution in [0.5, 0.6) is 0 Å². The zero-order valence-corrected chi connectivity index (χ0v) is 13.1. The molecule has 0 amide bonds. The van der Waals surface area contributed by atoms with Gasteiger partial charge in [-0.25, -0.2) is 0 Å². The van der Waals surface area contributed by atoms with Gasteiger partial charge in [0.25, 0.3) is 0 Å². The van der Waals surface area contributed by atoms with Crippen LogP contribution in [-0.2, 0) is 4.79 Å². The lowest BCUT2D eigenvalue weighted by Crippen LogP contribution is -2.16. The Hall–Kier alpha value is -1.87. The third kappa shape index (κ3) is 3.42. The van der Waals surface area contributed by atoms with E-state index < -0.39 is 0 Å². The van der Waals surface area contributed by atoms with Crippen LogP contribution in [0.1, 0.15) is 24.3 Å². The minimum Gasteiger partial charge on any atom is -0.358 e. The molecule has 1 atom stereocenters. The van der Waals surface area contributed by atoms with Crippen LogP contribution in [0.4, 0.5) is 5.69 Å². The number of anilines is 1. The topological polar surface area (TPSA) is 29.1 Å². The van der Waals surface area contributed by atoms with Gasteiger partial charge in [-0.2, -0.15) is 0 Å². The van der Waals surface area contributed by atoms with E-state index in [4.69, 9.17) is 0 Å².